The van der Waals surface area contributed by atoms with Crippen molar-refractivity contribution < 1.29 is 22.7 Å². The Hall–Kier alpha value is -1.27. The summed E-state index contributed by atoms with van der Waals surface area (Å²) in [6, 6.07) is 5.46. The van der Waals surface area contributed by atoms with E-state index in [9.17, 15) is 18.0 Å². The molecule has 1 fully saturated rings. The van der Waals surface area contributed by atoms with E-state index in [0.29, 0.717) is 25.9 Å². The monoisotopic (exact) mass is 351 g/mol. The van der Waals surface area contributed by atoms with Gasteiger partial charge in [0.1, 0.15) is 0 Å². The molecule has 0 atom stereocenters. The van der Waals surface area contributed by atoms with E-state index in [1.54, 1.807) is 13.0 Å². The minimum atomic E-state index is -4.42. The van der Waals surface area contributed by atoms with E-state index < -0.39 is 23.1 Å². The fourth-order valence-corrected chi connectivity index (χ4v) is 2.96. The van der Waals surface area contributed by atoms with Crippen LogP contribution in [0.3, 0.4) is 0 Å². The maximum absolute atomic E-state index is 13.1. The average molecular weight is 352 g/mol. The molecule has 1 heterocycles. The second kappa shape index (κ2) is 8.02. The van der Waals surface area contributed by atoms with Crippen molar-refractivity contribution in [1.82, 2.24) is 5.32 Å². The Bertz CT molecular complexity index is 528. The van der Waals surface area contributed by atoms with Crippen LogP contribution < -0.4 is 5.32 Å². The third kappa shape index (κ3) is 4.61. The van der Waals surface area contributed by atoms with Gasteiger partial charge in [0, 0.05) is 0 Å². The van der Waals surface area contributed by atoms with E-state index in [2.05, 4.69) is 5.32 Å². The van der Waals surface area contributed by atoms with Gasteiger partial charge in [-0.3, -0.25) is 4.79 Å². The summed E-state index contributed by atoms with van der Waals surface area (Å²) in [5, 5.41) is 3.14. The number of rotatable bonds is 4. The van der Waals surface area contributed by atoms with Crippen LogP contribution in [0.5, 0.6) is 0 Å². The van der Waals surface area contributed by atoms with E-state index in [4.69, 9.17) is 4.74 Å². The number of alkyl halides is 3. The number of piperidine rings is 1. The Balaban J connectivity index is 0.00000264. The zero-order chi connectivity index (χ0) is 16.2. The smallest absolute Gasteiger partial charge is 0.416 e. The largest absolute Gasteiger partial charge is 0.466 e. The topological polar surface area (TPSA) is 38.3 Å². The maximum atomic E-state index is 13.1. The van der Waals surface area contributed by atoms with Gasteiger partial charge < -0.3 is 10.1 Å². The molecule has 3 nitrogen and oxygen atoms in total. The van der Waals surface area contributed by atoms with Crippen LogP contribution in [0.15, 0.2) is 24.3 Å². The molecule has 1 aliphatic rings. The number of hydrogen-bond donors (Lipinski definition) is 1. The van der Waals surface area contributed by atoms with Crippen molar-refractivity contribution in [2.24, 2.45) is 5.41 Å². The molecule has 1 aliphatic heterocycles. The number of carbonyl (C=O) groups is 1. The van der Waals surface area contributed by atoms with Gasteiger partial charge in [-0.05, 0) is 50.9 Å². The molecule has 130 valence electrons. The lowest BCUT2D eigenvalue weighted by Crippen LogP contribution is -2.44. The summed E-state index contributed by atoms with van der Waals surface area (Å²) in [7, 11) is 0. The van der Waals surface area contributed by atoms with Crippen LogP contribution in [0, 0.1) is 5.41 Å². The van der Waals surface area contributed by atoms with Crippen molar-refractivity contribution in [2.75, 3.05) is 19.7 Å². The zero-order valence-corrected chi connectivity index (χ0v) is 13.7. The molecule has 0 bridgehead atoms. The SMILES string of the molecule is CCOC(=O)C1(Cc2ccccc2C(F)(F)F)CCNCC1.Cl. The predicted octanol–water partition coefficient (Wildman–Crippen LogP) is 3.60. The molecular formula is C16H21ClF3NO2. The molecule has 0 aromatic heterocycles. The highest BCUT2D eigenvalue weighted by Gasteiger charge is 2.43. The highest BCUT2D eigenvalue weighted by molar-refractivity contribution is 5.85. The van der Waals surface area contributed by atoms with Gasteiger partial charge in [-0.1, -0.05) is 18.2 Å². The fraction of sp³-hybridized carbons (Fsp3) is 0.562. The molecule has 2 rings (SSSR count). The summed E-state index contributed by atoms with van der Waals surface area (Å²) in [5.74, 6) is -0.395. The van der Waals surface area contributed by atoms with Crippen molar-refractivity contribution >= 4 is 18.4 Å². The highest BCUT2D eigenvalue weighted by Crippen LogP contribution is 2.39. The van der Waals surface area contributed by atoms with E-state index in [1.165, 1.54) is 12.1 Å². The van der Waals surface area contributed by atoms with Gasteiger partial charge in [0.25, 0.3) is 0 Å². The lowest BCUT2D eigenvalue weighted by Gasteiger charge is -2.36. The molecule has 0 saturated carbocycles. The molecule has 0 amide bonds. The first-order valence-electron chi connectivity index (χ1n) is 7.42. The number of esters is 1. The normalized spacial score (nSPS) is 17.2. The molecule has 1 aromatic rings. The maximum Gasteiger partial charge on any atom is 0.416 e. The number of benzene rings is 1. The van der Waals surface area contributed by atoms with Gasteiger partial charge >= 0.3 is 12.1 Å². The Morgan fingerprint density at radius 2 is 1.87 bits per heavy atom. The molecule has 1 saturated heterocycles. The Labute approximate surface area is 140 Å². The quantitative estimate of drug-likeness (QED) is 0.842. The average Bonchev–Trinajstić information content (AvgIpc) is 2.48. The Morgan fingerprint density at radius 3 is 2.43 bits per heavy atom. The van der Waals surface area contributed by atoms with Crippen molar-refractivity contribution in [2.45, 2.75) is 32.4 Å². The lowest BCUT2D eigenvalue weighted by molar-refractivity contribution is -0.157. The van der Waals surface area contributed by atoms with E-state index >= 15 is 0 Å². The van der Waals surface area contributed by atoms with Crippen molar-refractivity contribution in [3.05, 3.63) is 35.4 Å². The Morgan fingerprint density at radius 1 is 1.26 bits per heavy atom. The van der Waals surface area contributed by atoms with E-state index in [-0.39, 0.29) is 31.0 Å². The number of ether oxygens (including phenoxy) is 1. The molecule has 0 unspecified atom stereocenters. The van der Waals surface area contributed by atoms with Crippen LogP contribution in [0.2, 0.25) is 0 Å². The third-order valence-corrected chi connectivity index (χ3v) is 4.12. The molecule has 0 spiro atoms. The molecule has 23 heavy (non-hydrogen) atoms. The molecule has 7 heteroatoms. The molecule has 0 radical (unpaired) electrons. The standard InChI is InChI=1S/C16H20F3NO2.ClH/c1-2-22-14(21)15(7-9-20-10-8-15)11-12-5-3-4-6-13(12)16(17,18)19;/h3-6,20H,2,7-11H2,1H3;1H. The van der Waals surface area contributed by atoms with Gasteiger partial charge in [0.15, 0.2) is 0 Å². The number of nitrogens with one attached hydrogen (secondary N) is 1. The van der Waals surface area contributed by atoms with Gasteiger partial charge in [-0.25, -0.2) is 0 Å². The van der Waals surface area contributed by atoms with Crippen molar-refractivity contribution in [3.8, 4) is 0 Å². The van der Waals surface area contributed by atoms with Crippen LogP contribution in [0.1, 0.15) is 30.9 Å². The first kappa shape index (κ1) is 19.8. The summed E-state index contributed by atoms with van der Waals surface area (Å²) in [4.78, 5) is 12.4. The number of hydrogen-bond acceptors (Lipinski definition) is 3. The van der Waals surface area contributed by atoms with Crippen LogP contribution >= 0.6 is 12.4 Å². The first-order chi connectivity index (χ1) is 10.4. The van der Waals surface area contributed by atoms with Gasteiger partial charge in [-0.15, -0.1) is 12.4 Å². The lowest BCUT2D eigenvalue weighted by atomic mass is 9.73. The first-order valence-corrected chi connectivity index (χ1v) is 7.42. The van der Waals surface area contributed by atoms with Gasteiger partial charge in [0.2, 0.25) is 0 Å². The van der Waals surface area contributed by atoms with Crippen LogP contribution in [0.25, 0.3) is 0 Å². The molecule has 0 aliphatic carbocycles. The highest BCUT2D eigenvalue weighted by atomic mass is 35.5. The van der Waals surface area contributed by atoms with E-state index in [1.807, 2.05) is 0 Å². The fourth-order valence-electron chi connectivity index (χ4n) is 2.96. The molecule has 1 aromatic carbocycles. The van der Waals surface area contributed by atoms with Gasteiger partial charge in [-0.2, -0.15) is 13.2 Å². The summed E-state index contributed by atoms with van der Waals surface area (Å²) in [6.07, 6.45) is -3.39. The summed E-state index contributed by atoms with van der Waals surface area (Å²) in [6.45, 7) is 3.14. The minimum Gasteiger partial charge on any atom is -0.466 e. The van der Waals surface area contributed by atoms with E-state index in [0.717, 1.165) is 6.07 Å². The number of halogens is 4. The minimum absolute atomic E-state index is 0. The third-order valence-electron chi connectivity index (χ3n) is 4.12. The Kier molecular flexibility index (Phi) is 6.89. The second-order valence-electron chi connectivity index (χ2n) is 5.58. The van der Waals surface area contributed by atoms with Crippen molar-refractivity contribution in [1.29, 1.82) is 0 Å². The van der Waals surface area contributed by atoms with Gasteiger partial charge in [0.05, 0.1) is 17.6 Å². The summed E-state index contributed by atoms with van der Waals surface area (Å²) < 4.78 is 44.6. The van der Waals surface area contributed by atoms with Crippen LogP contribution in [0.4, 0.5) is 13.2 Å². The summed E-state index contributed by atoms with van der Waals surface area (Å²) >= 11 is 0. The molecule has 1 N–H and O–H groups in total. The van der Waals surface area contributed by atoms with Crippen molar-refractivity contribution in [3.63, 3.8) is 0 Å². The second-order valence-corrected chi connectivity index (χ2v) is 5.58. The van der Waals surface area contributed by atoms with Crippen LogP contribution in [-0.4, -0.2) is 25.7 Å². The predicted molar refractivity (Wildman–Crippen MR) is 83.6 cm³/mol. The van der Waals surface area contributed by atoms with Crippen LogP contribution in [-0.2, 0) is 22.1 Å². The summed E-state index contributed by atoms with van der Waals surface area (Å²) in [5.41, 5.74) is -1.38. The number of carbonyl (C=O) groups excluding carboxylic acids is 1. The zero-order valence-electron chi connectivity index (χ0n) is 12.9. The molecular weight excluding hydrogens is 331 g/mol.